The van der Waals surface area contributed by atoms with Crippen molar-refractivity contribution >= 4 is 7.82 Å². The average molecular weight is 389 g/mol. The molecule has 0 radical (unpaired) electrons. The molecule has 0 heterocycles. The molecule has 0 amide bonds. The van der Waals surface area contributed by atoms with Crippen LogP contribution in [0.25, 0.3) is 0 Å². The Morgan fingerprint density at radius 2 is 1.26 bits per heavy atom. The van der Waals surface area contributed by atoms with E-state index in [0.717, 1.165) is 11.8 Å². The Balaban J connectivity index is 0.000000177. The number of benzene rings is 2. The Kier molecular flexibility index (Phi) is 6.95. The Hall–Kier alpha value is -1.81. The van der Waals surface area contributed by atoms with E-state index in [9.17, 15) is 9.46 Å². The quantitative estimate of drug-likeness (QED) is 0.706. The van der Waals surface area contributed by atoms with Gasteiger partial charge in [-0.1, -0.05) is 55.7 Å². The molecule has 2 aromatic carbocycles. The molecule has 2 aliphatic carbocycles. The van der Waals surface area contributed by atoms with Crippen LogP contribution in [-0.4, -0.2) is 10.9 Å². The summed E-state index contributed by atoms with van der Waals surface area (Å²) in [6, 6.07) is 17.3. The van der Waals surface area contributed by atoms with Crippen molar-refractivity contribution in [1.29, 1.82) is 0 Å². The topological polar surface area (TPSA) is 81.8 Å². The maximum atomic E-state index is 11.7. The zero-order chi connectivity index (χ0) is 19.1. The van der Waals surface area contributed by atoms with E-state index >= 15 is 0 Å². The maximum absolute atomic E-state index is 11.7. The van der Waals surface area contributed by atoms with E-state index in [2.05, 4.69) is 0 Å². The van der Waals surface area contributed by atoms with Gasteiger partial charge < -0.3 is 14.8 Å². The van der Waals surface area contributed by atoms with Crippen molar-refractivity contribution in [2.75, 3.05) is 0 Å². The maximum Gasteiger partial charge on any atom is 0.584 e. The molecule has 6 heteroatoms. The van der Waals surface area contributed by atoms with Crippen LogP contribution in [0.2, 0.25) is 0 Å². The number of hydrogen-bond donors (Lipinski definition) is 2. The fourth-order valence-corrected chi connectivity index (χ4v) is 4.84. The number of rotatable bonds is 4. The highest BCUT2D eigenvalue weighted by Gasteiger charge is 2.29. The van der Waals surface area contributed by atoms with Crippen LogP contribution in [0.5, 0.6) is 11.5 Å². The van der Waals surface area contributed by atoms with Gasteiger partial charge in [0.15, 0.2) is 0 Å². The lowest BCUT2D eigenvalue weighted by Gasteiger charge is -2.37. The third-order valence-electron chi connectivity index (χ3n) is 5.09. The minimum absolute atomic E-state index is 0.286. The Morgan fingerprint density at radius 3 is 1.70 bits per heavy atom. The molecule has 146 valence electrons. The molecule has 2 saturated carbocycles. The predicted molar refractivity (Wildman–Crippen MR) is 107 cm³/mol. The Bertz CT molecular complexity index is 679. The molecule has 0 aromatic heterocycles. The summed E-state index contributed by atoms with van der Waals surface area (Å²) in [6.45, 7) is 0. The molecule has 0 spiro atoms. The van der Waals surface area contributed by atoms with E-state index in [1.165, 1.54) is 38.5 Å². The summed E-state index contributed by atoms with van der Waals surface area (Å²) in [4.78, 5) is 9.53. The number of hydrogen-bond acceptors (Lipinski definition) is 4. The van der Waals surface area contributed by atoms with Crippen LogP contribution in [0.4, 0.5) is 0 Å². The van der Waals surface area contributed by atoms with Crippen molar-refractivity contribution in [3.63, 3.8) is 0 Å². The minimum atomic E-state index is -4.14. The molecular formula is C21H28NO4P. The summed E-state index contributed by atoms with van der Waals surface area (Å²) in [5.41, 5.74) is 5.93. The number of para-hydroxylation sites is 2. The number of phosphoric ester groups is 1. The van der Waals surface area contributed by atoms with E-state index in [1.807, 2.05) is 0 Å². The van der Waals surface area contributed by atoms with Gasteiger partial charge in [-0.05, 0) is 55.4 Å². The normalized spacial score (nSPS) is 24.3. The summed E-state index contributed by atoms with van der Waals surface area (Å²) in [5.74, 6) is 2.58. The first-order valence-electron chi connectivity index (χ1n) is 9.58. The largest absolute Gasteiger partial charge is 0.584 e. The van der Waals surface area contributed by atoms with Crippen molar-refractivity contribution in [1.82, 2.24) is 0 Å². The lowest BCUT2D eigenvalue weighted by Crippen LogP contribution is -2.35. The van der Waals surface area contributed by atoms with Crippen LogP contribution in [0.15, 0.2) is 60.7 Å². The molecular weight excluding hydrogens is 361 g/mol. The van der Waals surface area contributed by atoms with E-state index in [1.54, 1.807) is 60.7 Å². The fraction of sp³-hybridized carbons (Fsp3) is 0.429. The molecule has 0 saturated heterocycles. The second-order valence-corrected chi connectivity index (χ2v) is 8.71. The predicted octanol–water partition coefficient (Wildman–Crippen LogP) is 5.16. The van der Waals surface area contributed by atoms with Crippen molar-refractivity contribution in [2.24, 2.45) is 17.6 Å². The van der Waals surface area contributed by atoms with Crippen LogP contribution in [-0.2, 0) is 4.57 Å². The molecule has 5 nitrogen and oxygen atoms in total. The van der Waals surface area contributed by atoms with Gasteiger partial charge in [0.1, 0.15) is 11.5 Å². The van der Waals surface area contributed by atoms with Gasteiger partial charge in [-0.2, -0.15) is 0 Å². The lowest BCUT2D eigenvalue weighted by molar-refractivity contribution is 0.171. The van der Waals surface area contributed by atoms with Gasteiger partial charge in [-0.25, -0.2) is 4.57 Å². The number of phosphoric acid groups is 1. The van der Waals surface area contributed by atoms with Crippen molar-refractivity contribution in [3.8, 4) is 11.5 Å². The smallest absolute Gasteiger partial charge is 0.395 e. The van der Waals surface area contributed by atoms with Gasteiger partial charge in [0.25, 0.3) is 0 Å². The van der Waals surface area contributed by atoms with Crippen LogP contribution in [0.3, 0.4) is 0 Å². The van der Waals surface area contributed by atoms with Crippen LogP contribution in [0, 0.1) is 11.8 Å². The molecule has 2 fully saturated rings. The molecule has 0 unspecified atom stereocenters. The fourth-order valence-electron chi connectivity index (χ4n) is 4.03. The van der Waals surface area contributed by atoms with Gasteiger partial charge in [0.05, 0.1) is 0 Å². The number of nitrogens with two attached hydrogens (primary N) is 1. The van der Waals surface area contributed by atoms with E-state index in [0.29, 0.717) is 6.04 Å². The molecule has 2 aliphatic rings. The summed E-state index contributed by atoms with van der Waals surface area (Å²) < 4.78 is 21.5. The van der Waals surface area contributed by atoms with Gasteiger partial charge in [0, 0.05) is 6.04 Å². The second-order valence-electron chi connectivity index (χ2n) is 7.41. The highest BCUT2D eigenvalue weighted by molar-refractivity contribution is 7.48. The van der Waals surface area contributed by atoms with Crippen LogP contribution >= 0.6 is 7.82 Å². The molecule has 3 N–H and O–H groups in total. The number of fused-ring (bicyclic) bond motifs is 2. The highest BCUT2D eigenvalue weighted by atomic mass is 31.2. The highest BCUT2D eigenvalue weighted by Crippen LogP contribution is 2.44. The third-order valence-corrected chi connectivity index (χ3v) is 5.97. The first-order valence-corrected chi connectivity index (χ1v) is 11.1. The molecule has 27 heavy (non-hydrogen) atoms. The monoisotopic (exact) mass is 389 g/mol. The molecule has 2 aromatic rings. The molecule has 4 rings (SSSR count). The minimum Gasteiger partial charge on any atom is -0.395 e. The van der Waals surface area contributed by atoms with Gasteiger partial charge >= 0.3 is 7.82 Å². The standard InChI is InChI=1S/C12H11O4P.C9H17N/c13-17(14,15-11-7-3-1-4-8-11)16-12-9-5-2-6-10-12;10-9-5-7-2-1-3-8(4-7)6-9/h1-10H,(H,13,14);7-9H,1-6,10H2/t;7-,8+,9-. The summed E-state index contributed by atoms with van der Waals surface area (Å²) >= 11 is 0. The third kappa shape index (κ3) is 6.69. The molecule has 0 aliphatic heterocycles. The summed E-state index contributed by atoms with van der Waals surface area (Å²) in [5, 5.41) is 0. The first-order chi connectivity index (χ1) is 13.0. The van der Waals surface area contributed by atoms with Gasteiger partial charge in [-0.15, -0.1) is 0 Å². The Labute approximate surface area is 161 Å². The first kappa shape index (κ1) is 19.9. The van der Waals surface area contributed by atoms with Crippen molar-refractivity contribution < 1.29 is 18.5 Å². The second kappa shape index (κ2) is 9.41. The SMILES string of the molecule is N[C@H]1C[C@H]2CCC[C@@H](C1)C2.O=P(O)(Oc1ccccc1)Oc1ccccc1. The van der Waals surface area contributed by atoms with Gasteiger partial charge in [-0.3, -0.25) is 4.89 Å². The molecule has 3 atom stereocenters. The zero-order valence-electron chi connectivity index (χ0n) is 15.4. The molecule has 2 bridgehead atoms. The zero-order valence-corrected chi connectivity index (χ0v) is 16.3. The van der Waals surface area contributed by atoms with Gasteiger partial charge in [0.2, 0.25) is 0 Å². The Morgan fingerprint density at radius 1 is 0.815 bits per heavy atom. The average Bonchev–Trinajstić information content (AvgIpc) is 2.62. The van der Waals surface area contributed by atoms with Crippen molar-refractivity contribution in [2.45, 2.75) is 44.6 Å². The summed E-state index contributed by atoms with van der Waals surface area (Å²) in [6.07, 6.45) is 8.52. The van der Waals surface area contributed by atoms with Crippen molar-refractivity contribution in [3.05, 3.63) is 60.7 Å². The van der Waals surface area contributed by atoms with Crippen LogP contribution in [0.1, 0.15) is 38.5 Å². The lowest BCUT2D eigenvalue weighted by atomic mass is 9.71. The summed E-state index contributed by atoms with van der Waals surface area (Å²) in [7, 11) is -4.14. The van der Waals surface area contributed by atoms with E-state index in [-0.39, 0.29) is 11.5 Å². The van der Waals surface area contributed by atoms with E-state index < -0.39 is 7.82 Å². The van der Waals surface area contributed by atoms with Crippen LogP contribution < -0.4 is 14.8 Å². The van der Waals surface area contributed by atoms with E-state index in [4.69, 9.17) is 14.8 Å².